The summed E-state index contributed by atoms with van der Waals surface area (Å²) in [6, 6.07) is 12.9. The van der Waals surface area contributed by atoms with E-state index in [1.807, 2.05) is 64.1 Å². The maximum absolute atomic E-state index is 13.5. The molecule has 0 fully saturated rings. The average Bonchev–Trinajstić information content (AvgIpc) is 2.84. The molecule has 37 heavy (non-hydrogen) atoms. The number of hydrogen-bond acceptors (Lipinski definition) is 4. The van der Waals surface area contributed by atoms with Crippen molar-refractivity contribution in [3.63, 3.8) is 0 Å². The van der Waals surface area contributed by atoms with Gasteiger partial charge in [0.05, 0.1) is 11.9 Å². The predicted molar refractivity (Wildman–Crippen MR) is 151 cm³/mol. The zero-order valence-electron chi connectivity index (χ0n) is 23.2. The fraction of sp³-hybridized carbons (Fsp3) is 0.517. The Kier molecular flexibility index (Phi) is 11.6. The maximum atomic E-state index is 13.5. The summed E-state index contributed by atoms with van der Waals surface area (Å²) < 4.78 is 26.5. The van der Waals surface area contributed by atoms with Crippen LogP contribution in [0, 0.1) is 20.8 Å². The van der Waals surface area contributed by atoms with Crippen LogP contribution in [0.1, 0.15) is 68.2 Å². The molecule has 0 spiro atoms. The molecule has 0 heterocycles. The molecule has 0 saturated carbocycles. The van der Waals surface area contributed by atoms with Gasteiger partial charge >= 0.3 is 0 Å². The number of benzene rings is 2. The van der Waals surface area contributed by atoms with Crippen molar-refractivity contribution in [1.29, 1.82) is 0 Å². The summed E-state index contributed by atoms with van der Waals surface area (Å²) in [7, 11) is -3.52. The second kappa shape index (κ2) is 14.2. The van der Waals surface area contributed by atoms with Crippen LogP contribution in [0.3, 0.4) is 0 Å². The summed E-state index contributed by atoms with van der Waals surface area (Å²) in [6.07, 6.45) is 4.02. The van der Waals surface area contributed by atoms with Crippen molar-refractivity contribution < 1.29 is 18.0 Å². The molecule has 0 radical (unpaired) electrons. The fourth-order valence-corrected chi connectivity index (χ4v) is 5.16. The van der Waals surface area contributed by atoms with Crippen LogP contribution in [-0.4, -0.2) is 50.5 Å². The summed E-state index contributed by atoms with van der Waals surface area (Å²) >= 11 is 0. The minimum Gasteiger partial charge on any atom is -0.354 e. The van der Waals surface area contributed by atoms with E-state index >= 15 is 0 Å². The maximum Gasteiger partial charge on any atom is 0.242 e. The average molecular weight is 530 g/mol. The highest BCUT2D eigenvalue weighted by Gasteiger charge is 2.28. The standard InChI is InChI=1S/C29H43N3O4S/c1-7-9-18-30-29(34)27(8-2)31(21-25-15-12-22(3)13-16-25)28(33)11-10-19-32(37(6,35)36)26-17-14-23(4)24(5)20-26/h12-17,20,27H,7-11,18-19,21H2,1-6H3,(H,30,34). The Morgan fingerprint density at radius 1 is 0.946 bits per heavy atom. The molecule has 2 aromatic carbocycles. The largest absolute Gasteiger partial charge is 0.354 e. The predicted octanol–water partition coefficient (Wildman–Crippen LogP) is 4.88. The molecule has 8 heteroatoms. The number of rotatable bonds is 14. The summed E-state index contributed by atoms with van der Waals surface area (Å²) in [5.74, 6) is -0.309. The Morgan fingerprint density at radius 2 is 1.62 bits per heavy atom. The minimum atomic E-state index is -3.52. The van der Waals surface area contributed by atoms with E-state index in [9.17, 15) is 18.0 Å². The Bertz CT molecular complexity index is 1150. The third kappa shape index (κ3) is 9.18. The number of nitrogens with one attached hydrogen (secondary N) is 1. The molecule has 0 aliphatic heterocycles. The highest BCUT2D eigenvalue weighted by molar-refractivity contribution is 7.92. The lowest BCUT2D eigenvalue weighted by Gasteiger charge is -2.31. The quantitative estimate of drug-likeness (QED) is 0.353. The van der Waals surface area contributed by atoms with Gasteiger partial charge in [0.1, 0.15) is 6.04 Å². The SMILES string of the molecule is CCCCNC(=O)C(CC)N(Cc1ccc(C)cc1)C(=O)CCCN(c1ccc(C)c(C)c1)S(C)(=O)=O. The first-order chi connectivity index (χ1) is 17.5. The Labute approximate surface area is 223 Å². The molecule has 1 unspecified atom stereocenters. The lowest BCUT2D eigenvalue weighted by atomic mass is 10.1. The topological polar surface area (TPSA) is 86.8 Å². The number of carbonyl (C=O) groups is 2. The molecule has 204 valence electrons. The summed E-state index contributed by atoms with van der Waals surface area (Å²) in [5, 5.41) is 2.97. The number of carbonyl (C=O) groups excluding carboxylic acids is 2. The van der Waals surface area contributed by atoms with Gasteiger partial charge in [0.2, 0.25) is 21.8 Å². The first kappa shape index (κ1) is 30.4. The summed E-state index contributed by atoms with van der Waals surface area (Å²) in [4.78, 5) is 28.1. The molecule has 2 amide bonds. The molecule has 0 aliphatic carbocycles. The molecule has 0 aliphatic rings. The van der Waals surface area contributed by atoms with E-state index in [0.717, 1.165) is 35.1 Å². The second-order valence-corrected chi connectivity index (χ2v) is 11.7. The molecular formula is C29H43N3O4S. The lowest BCUT2D eigenvalue weighted by Crippen LogP contribution is -2.49. The number of amides is 2. The van der Waals surface area contributed by atoms with E-state index in [-0.39, 0.29) is 24.8 Å². The van der Waals surface area contributed by atoms with Crippen LogP contribution in [0.2, 0.25) is 0 Å². The van der Waals surface area contributed by atoms with E-state index in [0.29, 0.717) is 31.6 Å². The van der Waals surface area contributed by atoms with Crippen molar-refractivity contribution in [3.8, 4) is 0 Å². The third-order valence-electron chi connectivity index (χ3n) is 6.62. The molecule has 0 aromatic heterocycles. The smallest absolute Gasteiger partial charge is 0.242 e. The van der Waals surface area contributed by atoms with E-state index in [1.165, 1.54) is 10.6 Å². The molecule has 0 bridgehead atoms. The highest BCUT2D eigenvalue weighted by Crippen LogP contribution is 2.22. The Morgan fingerprint density at radius 3 is 2.19 bits per heavy atom. The molecular weight excluding hydrogens is 486 g/mol. The third-order valence-corrected chi connectivity index (χ3v) is 7.81. The Hall–Kier alpha value is -2.87. The van der Waals surface area contributed by atoms with Gasteiger partial charge in [0.25, 0.3) is 0 Å². The van der Waals surface area contributed by atoms with Gasteiger partial charge in [-0.05, 0) is 68.9 Å². The van der Waals surface area contributed by atoms with Crippen LogP contribution in [0.5, 0.6) is 0 Å². The second-order valence-electron chi connectivity index (χ2n) is 9.78. The van der Waals surface area contributed by atoms with Crippen LogP contribution < -0.4 is 9.62 Å². The van der Waals surface area contributed by atoms with Crippen LogP contribution in [0.15, 0.2) is 42.5 Å². The molecule has 2 rings (SSSR count). The molecule has 1 N–H and O–H groups in total. The number of aryl methyl sites for hydroxylation is 3. The van der Waals surface area contributed by atoms with Gasteiger partial charge in [-0.2, -0.15) is 0 Å². The zero-order chi connectivity index (χ0) is 27.6. The zero-order valence-corrected chi connectivity index (χ0v) is 24.0. The van der Waals surface area contributed by atoms with Gasteiger partial charge in [-0.15, -0.1) is 0 Å². The van der Waals surface area contributed by atoms with Gasteiger partial charge in [0.15, 0.2) is 0 Å². The van der Waals surface area contributed by atoms with Gasteiger partial charge in [-0.1, -0.05) is 56.2 Å². The van der Waals surface area contributed by atoms with E-state index in [4.69, 9.17) is 0 Å². The van der Waals surface area contributed by atoms with Crippen LogP contribution in [-0.2, 0) is 26.2 Å². The van der Waals surface area contributed by atoms with Gasteiger partial charge in [-0.3, -0.25) is 13.9 Å². The molecule has 7 nitrogen and oxygen atoms in total. The van der Waals surface area contributed by atoms with Crippen LogP contribution >= 0.6 is 0 Å². The first-order valence-electron chi connectivity index (χ1n) is 13.2. The normalized spacial score (nSPS) is 12.2. The van der Waals surface area contributed by atoms with Crippen molar-refractivity contribution in [2.24, 2.45) is 0 Å². The van der Waals surface area contributed by atoms with Gasteiger partial charge in [-0.25, -0.2) is 8.42 Å². The molecule has 2 aromatic rings. The summed E-state index contributed by atoms with van der Waals surface area (Å²) in [6.45, 7) is 11.0. The number of hydrogen-bond donors (Lipinski definition) is 1. The van der Waals surface area contributed by atoms with Gasteiger partial charge in [0, 0.05) is 26.1 Å². The van der Waals surface area contributed by atoms with E-state index < -0.39 is 16.1 Å². The van der Waals surface area contributed by atoms with Crippen molar-refractivity contribution in [1.82, 2.24) is 10.2 Å². The molecule has 0 saturated heterocycles. The van der Waals surface area contributed by atoms with Crippen molar-refractivity contribution >= 4 is 27.5 Å². The van der Waals surface area contributed by atoms with Crippen LogP contribution in [0.4, 0.5) is 5.69 Å². The highest BCUT2D eigenvalue weighted by atomic mass is 32.2. The molecule has 1 atom stereocenters. The van der Waals surface area contributed by atoms with E-state index in [2.05, 4.69) is 12.2 Å². The minimum absolute atomic E-state index is 0.140. The van der Waals surface area contributed by atoms with Gasteiger partial charge < -0.3 is 10.2 Å². The number of nitrogens with zero attached hydrogens (tertiary/aromatic N) is 2. The number of anilines is 1. The Balaban J connectivity index is 2.20. The lowest BCUT2D eigenvalue weighted by molar-refractivity contribution is -0.141. The number of unbranched alkanes of at least 4 members (excludes halogenated alkanes) is 1. The first-order valence-corrected chi connectivity index (χ1v) is 15.0. The van der Waals surface area contributed by atoms with Crippen LogP contribution in [0.25, 0.3) is 0 Å². The number of sulfonamides is 1. The summed E-state index contributed by atoms with van der Waals surface area (Å²) in [5.41, 5.74) is 4.76. The van der Waals surface area contributed by atoms with Crippen molar-refractivity contribution in [2.45, 2.75) is 79.3 Å². The fourth-order valence-electron chi connectivity index (χ4n) is 4.20. The van der Waals surface area contributed by atoms with Crippen molar-refractivity contribution in [3.05, 3.63) is 64.7 Å². The van der Waals surface area contributed by atoms with E-state index in [1.54, 1.807) is 11.0 Å². The monoisotopic (exact) mass is 529 g/mol. The van der Waals surface area contributed by atoms with Crippen molar-refractivity contribution in [2.75, 3.05) is 23.7 Å².